The van der Waals surface area contributed by atoms with Gasteiger partial charge in [-0.1, -0.05) is 358 Å². The van der Waals surface area contributed by atoms with Crippen molar-refractivity contribution in [2.24, 2.45) is 0 Å². The van der Waals surface area contributed by atoms with Gasteiger partial charge in [0.1, 0.15) is 13.2 Å². The lowest BCUT2D eigenvalue weighted by Crippen LogP contribution is -2.30. The molecule has 0 aromatic heterocycles. The topological polar surface area (TPSA) is 78.9 Å². The van der Waals surface area contributed by atoms with E-state index in [9.17, 15) is 14.4 Å². The highest BCUT2D eigenvalue weighted by Crippen LogP contribution is 2.19. The fourth-order valence-electron chi connectivity index (χ4n) is 10.7. The van der Waals surface area contributed by atoms with Crippen LogP contribution >= 0.6 is 0 Å². The van der Waals surface area contributed by atoms with Gasteiger partial charge < -0.3 is 14.2 Å². The largest absolute Gasteiger partial charge is 0.462 e. The highest BCUT2D eigenvalue weighted by molar-refractivity contribution is 5.71. The average Bonchev–Trinajstić information content (AvgIpc) is 3.47. The number of esters is 3. The van der Waals surface area contributed by atoms with Gasteiger partial charge in [-0.15, -0.1) is 0 Å². The first-order chi connectivity index (χ1) is 40.0. The van der Waals surface area contributed by atoms with Crippen molar-refractivity contribution in [1.29, 1.82) is 0 Å². The molecule has 0 aliphatic heterocycles. The van der Waals surface area contributed by atoms with Crippen LogP contribution in [0.15, 0.2) is 60.8 Å². The van der Waals surface area contributed by atoms with Crippen molar-refractivity contribution in [1.82, 2.24) is 0 Å². The van der Waals surface area contributed by atoms with Crippen molar-refractivity contribution < 1.29 is 28.6 Å². The smallest absolute Gasteiger partial charge is 0.306 e. The van der Waals surface area contributed by atoms with E-state index in [1.165, 1.54) is 244 Å². The summed E-state index contributed by atoms with van der Waals surface area (Å²) in [6.07, 6.45) is 90.3. The monoisotopic (exact) mass is 1130 g/mol. The number of carbonyl (C=O) groups excluding carboxylic acids is 3. The van der Waals surface area contributed by atoms with Gasteiger partial charge in [0.25, 0.3) is 0 Å². The third-order valence-corrected chi connectivity index (χ3v) is 16.0. The van der Waals surface area contributed by atoms with Crippen LogP contribution < -0.4 is 0 Å². The van der Waals surface area contributed by atoms with E-state index >= 15 is 0 Å². The summed E-state index contributed by atoms with van der Waals surface area (Å²) < 4.78 is 16.8. The summed E-state index contributed by atoms with van der Waals surface area (Å²) in [6, 6.07) is 0. The van der Waals surface area contributed by atoms with E-state index < -0.39 is 6.10 Å². The molecule has 1 atom stereocenters. The zero-order chi connectivity index (χ0) is 58.5. The molecule has 0 radical (unpaired) electrons. The van der Waals surface area contributed by atoms with Gasteiger partial charge in [-0.3, -0.25) is 14.4 Å². The molecular formula is C75H136O6. The Morgan fingerprint density at radius 1 is 0.259 bits per heavy atom. The Hall–Kier alpha value is -2.89. The quantitative estimate of drug-likeness (QED) is 0.0261. The molecule has 81 heavy (non-hydrogen) atoms. The van der Waals surface area contributed by atoms with Crippen LogP contribution in [0.2, 0.25) is 0 Å². The maximum atomic E-state index is 12.9. The van der Waals surface area contributed by atoms with E-state index in [0.717, 1.165) is 96.3 Å². The maximum absolute atomic E-state index is 12.9. The summed E-state index contributed by atoms with van der Waals surface area (Å²) in [5, 5.41) is 0. The highest BCUT2D eigenvalue weighted by Gasteiger charge is 2.19. The van der Waals surface area contributed by atoms with Gasteiger partial charge in [-0.25, -0.2) is 0 Å². The predicted octanol–water partition coefficient (Wildman–Crippen LogP) is 24.7. The summed E-state index contributed by atoms with van der Waals surface area (Å²) in [6.45, 7) is 6.51. The van der Waals surface area contributed by atoms with Crippen molar-refractivity contribution >= 4 is 17.9 Å². The van der Waals surface area contributed by atoms with Crippen LogP contribution in [0, 0.1) is 0 Å². The van der Waals surface area contributed by atoms with E-state index in [0.29, 0.717) is 19.3 Å². The average molecular weight is 1130 g/mol. The molecular weight excluding hydrogens is 997 g/mol. The van der Waals surface area contributed by atoms with E-state index in [1.54, 1.807) is 0 Å². The molecule has 0 aromatic rings. The van der Waals surface area contributed by atoms with E-state index in [1.807, 2.05) is 0 Å². The maximum Gasteiger partial charge on any atom is 0.306 e. The van der Waals surface area contributed by atoms with Gasteiger partial charge in [-0.05, 0) is 64.2 Å². The molecule has 0 heterocycles. The molecule has 0 N–H and O–H groups in total. The van der Waals surface area contributed by atoms with Crippen LogP contribution in [0.25, 0.3) is 0 Å². The molecule has 0 saturated carbocycles. The van der Waals surface area contributed by atoms with Gasteiger partial charge in [0.05, 0.1) is 0 Å². The van der Waals surface area contributed by atoms with E-state index in [-0.39, 0.29) is 31.1 Å². The van der Waals surface area contributed by atoms with Gasteiger partial charge in [0, 0.05) is 19.3 Å². The number of carbonyl (C=O) groups is 3. The first-order valence-corrected chi connectivity index (χ1v) is 35.8. The number of rotatable bonds is 66. The molecule has 0 aliphatic rings. The van der Waals surface area contributed by atoms with Crippen LogP contribution in [0.5, 0.6) is 0 Å². The fraction of sp³-hybridized carbons (Fsp3) is 0.827. The standard InChI is InChI=1S/C75H136O6/c1-4-7-10-13-15-17-19-21-23-25-27-29-31-33-34-35-36-37-38-39-40-42-43-45-47-49-51-53-55-57-59-62-65-68-74(77)80-71-72(70-79-73(76)67-64-61-12-9-6-3)81-75(78)69-66-63-60-58-56-54-52-50-48-46-44-41-32-30-28-26-24-22-20-18-16-14-11-8-5-2/h7,10,15,17,21,23,27,29,33-34,72H,4-6,8-9,11-14,16,18-20,22,24-26,28,30-32,35-71H2,1-3H3/b10-7-,17-15-,23-21-,29-27-,34-33-. The molecule has 0 bridgehead atoms. The molecule has 1 unspecified atom stereocenters. The van der Waals surface area contributed by atoms with Crippen molar-refractivity contribution in [3.63, 3.8) is 0 Å². The highest BCUT2D eigenvalue weighted by atomic mass is 16.6. The SMILES string of the molecule is CC/C=C\C/C=C\C/C=C\C/C=C\C/C=C\CCCCCCCCCCCCCCCCCCCC(=O)OCC(COC(=O)CCCCCCC)OC(=O)CCCCCCCCCCCCCCCCCCCCCCCCCCC. The minimum atomic E-state index is -0.767. The number of allylic oxidation sites excluding steroid dienone is 10. The molecule has 0 spiro atoms. The van der Waals surface area contributed by atoms with Crippen molar-refractivity contribution in [2.75, 3.05) is 13.2 Å². The first-order valence-electron chi connectivity index (χ1n) is 35.8. The molecule has 0 aromatic carbocycles. The zero-order valence-electron chi connectivity index (χ0n) is 54.3. The van der Waals surface area contributed by atoms with Gasteiger partial charge >= 0.3 is 17.9 Å². The van der Waals surface area contributed by atoms with Crippen molar-refractivity contribution in [2.45, 2.75) is 386 Å². The predicted molar refractivity (Wildman–Crippen MR) is 353 cm³/mol. The lowest BCUT2D eigenvalue weighted by molar-refractivity contribution is -0.167. The Morgan fingerprint density at radius 3 is 0.753 bits per heavy atom. The number of hydrogen-bond acceptors (Lipinski definition) is 6. The number of hydrogen-bond donors (Lipinski definition) is 0. The third-order valence-electron chi connectivity index (χ3n) is 16.0. The molecule has 6 heteroatoms. The molecule has 472 valence electrons. The summed E-state index contributed by atoms with van der Waals surface area (Å²) in [5.74, 6) is -0.857. The van der Waals surface area contributed by atoms with Crippen LogP contribution in [-0.2, 0) is 28.6 Å². The lowest BCUT2D eigenvalue weighted by atomic mass is 10.0. The van der Waals surface area contributed by atoms with E-state index in [4.69, 9.17) is 14.2 Å². The van der Waals surface area contributed by atoms with Crippen molar-refractivity contribution in [3.8, 4) is 0 Å². The zero-order valence-corrected chi connectivity index (χ0v) is 54.3. The molecule has 0 fully saturated rings. The Bertz CT molecular complexity index is 1440. The third kappa shape index (κ3) is 67.8. The van der Waals surface area contributed by atoms with Crippen LogP contribution in [0.3, 0.4) is 0 Å². The second-order valence-corrected chi connectivity index (χ2v) is 24.1. The number of ether oxygens (including phenoxy) is 3. The molecule has 6 nitrogen and oxygen atoms in total. The number of unbranched alkanes of at least 4 members (excludes halogenated alkanes) is 45. The Labute approximate surface area is 504 Å². The normalized spacial score (nSPS) is 12.4. The minimum Gasteiger partial charge on any atom is -0.462 e. The first kappa shape index (κ1) is 78.1. The van der Waals surface area contributed by atoms with Crippen LogP contribution in [0.4, 0.5) is 0 Å². The summed E-state index contributed by atoms with van der Waals surface area (Å²) in [7, 11) is 0. The second-order valence-electron chi connectivity index (χ2n) is 24.1. The Morgan fingerprint density at radius 2 is 0.481 bits per heavy atom. The Kier molecular flexibility index (Phi) is 67.1. The fourth-order valence-corrected chi connectivity index (χ4v) is 10.7. The van der Waals surface area contributed by atoms with Gasteiger partial charge in [0.15, 0.2) is 6.10 Å². The van der Waals surface area contributed by atoms with Gasteiger partial charge in [-0.2, -0.15) is 0 Å². The summed E-state index contributed by atoms with van der Waals surface area (Å²) >= 11 is 0. The molecule has 0 aliphatic carbocycles. The van der Waals surface area contributed by atoms with Crippen molar-refractivity contribution in [3.05, 3.63) is 60.8 Å². The Balaban J connectivity index is 3.92. The molecule has 0 amide bonds. The van der Waals surface area contributed by atoms with Crippen LogP contribution in [0.1, 0.15) is 380 Å². The van der Waals surface area contributed by atoms with Gasteiger partial charge in [0.2, 0.25) is 0 Å². The molecule has 0 saturated heterocycles. The van der Waals surface area contributed by atoms with E-state index in [2.05, 4.69) is 81.5 Å². The second kappa shape index (κ2) is 69.6. The minimum absolute atomic E-state index is 0.0682. The molecule has 0 rings (SSSR count). The summed E-state index contributed by atoms with van der Waals surface area (Å²) in [4.78, 5) is 38.0. The summed E-state index contributed by atoms with van der Waals surface area (Å²) in [5.41, 5.74) is 0. The van der Waals surface area contributed by atoms with Crippen LogP contribution in [-0.4, -0.2) is 37.2 Å². The lowest BCUT2D eigenvalue weighted by Gasteiger charge is -2.18.